The van der Waals surface area contributed by atoms with Crippen LogP contribution in [0, 0.1) is 0 Å². The zero-order valence-corrected chi connectivity index (χ0v) is 10.1. The van der Waals surface area contributed by atoms with Gasteiger partial charge in [-0.15, -0.1) is 5.10 Å². The van der Waals surface area contributed by atoms with Gasteiger partial charge < -0.3 is 15.6 Å². The molecule has 104 valence electrons. The number of nitrogens with zero attached hydrogens (tertiary/aromatic N) is 3. The number of imide groups is 1. The number of methoxy groups -OCH3 is 1. The van der Waals surface area contributed by atoms with Crippen LogP contribution in [0.4, 0.5) is 4.79 Å². The molecule has 3 amide bonds. The Kier molecular flexibility index (Phi) is 4.94. The minimum absolute atomic E-state index is 0.00787. The van der Waals surface area contributed by atoms with E-state index >= 15 is 0 Å². The molecule has 0 saturated heterocycles. The van der Waals surface area contributed by atoms with E-state index in [0.717, 1.165) is 0 Å². The van der Waals surface area contributed by atoms with Gasteiger partial charge in [0.15, 0.2) is 5.69 Å². The van der Waals surface area contributed by atoms with E-state index in [2.05, 4.69) is 10.3 Å². The number of hydrogen-bond acceptors (Lipinski definition) is 6. The molecule has 19 heavy (non-hydrogen) atoms. The number of amides is 3. The van der Waals surface area contributed by atoms with E-state index in [0.29, 0.717) is 0 Å². The van der Waals surface area contributed by atoms with Gasteiger partial charge >= 0.3 is 12.0 Å². The summed E-state index contributed by atoms with van der Waals surface area (Å²) in [4.78, 5) is 32.5. The number of rotatable bonds is 6. The normalized spacial score (nSPS) is 10.2. The van der Waals surface area contributed by atoms with Crippen LogP contribution in [0.3, 0.4) is 0 Å². The molecule has 0 radical (unpaired) electrons. The van der Waals surface area contributed by atoms with Gasteiger partial charge in [-0.3, -0.25) is 10.1 Å². The van der Waals surface area contributed by atoms with Gasteiger partial charge in [-0.2, -0.15) is 0 Å². The van der Waals surface area contributed by atoms with Gasteiger partial charge in [0.1, 0.15) is 0 Å². The molecule has 10 nitrogen and oxygen atoms in total. The topological polar surface area (TPSA) is 149 Å². The first-order valence-electron chi connectivity index (χ1n) is 5.19. The van der Waals surface area contributed by atoms with Crippen molar-refractivity contribution in [3.05, 3.63) is 11.4 Å². The van der Waals surface area contributed by atoms with Crippen LogP contribution in [-0.2, 0) is 22.7 Å². The maximum absolute atomic E-state index is 11.2. The molecule has 0 atom stereocenters. The second kappa shape index (κ2) is 6.44. The first kappa shape index (κ1) is 14.6. The molecule has 0 fully saturated rings. The van der Waals surface area contributed by atoms with Gasteiger partial charge in [0.25, 0.3) is 0 Å². The van der Waals surface area contributed by atoms with Crippen molar-refractivity contribution >= 4 is 17.9 Å². The highest BCUT2D eigenvalue weighted by Crippen LogP contribution is 2.07. The first-order valence-corrected chi connectivity index (χ1v) is 5.19. The number of aromatic nitrogens is 3. The molecule has 0 spiro atoms. The van der Waals surface area contributed by atoms with E-state index in [1.165, 1.54) is 11.8 Å². The maximum Gasteiger partial charge on any atom is 0.358 e. The average Bonchev–Trinajstić information content (AvgIpc) is 2.69. The van der Waals surface area contributed by atoms with Crippen LogP contribution >= 0.6 is 0 Å². The van der Waals surface area contributed by atoms with Crippen molar-refractivity contribution < 1.29 is 24.2 Å². The van der Waals surface area contributed by atoms with Crippen LogP contribution in [0.5, 0.6) is 0 Å². The Morgan fingerprint density at radius 1 is 1.47 bits per heavy atom. The largest absolute Gasteiger partial charge is 0.476 e. The molecule has 0 aliphatic carbocycles. The lowest BCUT2D eigenvalue weighted by Gasteiger charge is -2.05. The molecule has 4 N–H and O–H groups in total. The molecular weight excluding hydrogens is 258 g/mol. The third-order valence-electron chi connectivity index (χ3n) is 2.13. The summed E-state index contributed by atoms with van der Waals surface area (Å²) < 4.78 is 6.08. The quantitative estimate of drug-likeness (QED) is 0.582. The highest BCUT2D eigenvalue weighted by molar-refractivity contribution is 5.93. The second-order valence-corrected chi connectivity index (χ2v) is 3.51. The SMILES string of the molecule is COCc1c(C(=O)O)nnn1CCC(=O)NC(N)=O. The van der Waals surface area contributed by atoms with Crippen LogP contribution in [-0.4, -0.2) is 45.1 Å². The molecule has 0 unspecified atom stereocenters. The number of hydrogen-bond donors (Lipinski definition) is 3. The van der Waals surface area contributed by atoms with E-state index in [4.69, 9.17) is 15.6 Å². The Labute approximate surface area is 107 Å². The standard InChI is InChI=1S/C9H13N5O5/c1-19-4-5-7(8(16)17)12-13-14(5)3-2-6(15)11-9(10)18/h2-4H2,1H3,(H,16,17)(H3,10,11,15,18). The van der Waals surface area contributed by atoms with Crippen molar-refractivity contribution in [3.63, 3.8) is 0 Å². The molecule has 0 saturated carbocycles. The van der Waals surface area contributed by atoms with Gasteiger partial charge in [-0.1, -0.05) is 5.21 Å². The number of nitrogens with one attached hydrogen (secondary N) is 1. The van der Waals surface area contributed by atoms with E-state index in [1.54, 1.807) is 0 Å². The Hall–Kier alpha value is -2.49. The molecule has 0 aliphatic heterocycles. The fourth-order valence-corrected chi connectivity index (χ4v) is 1.37. The minimum atomic E-state index is -1.24. The van der Waals surface area contributed by atoms with Gasteiger partial charge in [-0.05, 0) is 0 Å². The van der Waals surface area contributed by atoms with E-state index in [-0.39, 0.29) is 31.0 Å². The number of urea groups is 1. The van der Waals surface area contributed by atoms with Crippen LogP contribution in [0.25, 0.3) is 0 Å². The van der Waals surface area contributed by atoms with Crippen molar-refractivity contribution in [2.75, 3.05) is 7.11 Å². The summed E-state index contributed by atoms with van der Waals surface area (Å²) in [7, 11) is 1.39. The van der Waals surface area contributed by atoms with E-state index in [1.807, 2.05) is 5.32 Å². The Bertz CT molecular complexity index is 497. The lowest BCUT2D eigenvalue weighted by molar-refractivity contribution is -0.120. The summed E-state index contributed by atoms with van der Waals surface area (Å²) in [6.45, 7) is 0.0458. The highest BCUT2D eigenvalue weighted by Gasteiger charge is 2.19. The highest BCUT2D eigenvalue weighted by atomic mass is 16.5. The summed E-state index contributed by atoms with van der Waals surface area (Å²) in [6, 6.07) is -0.952. The predicted octanol–water partition coefficient (Wildman–Crippen LogP) is -1.29. The van der Waals surface area contributed by atoms with E-state index in [9.17, 15) is 14.4 Å². The molecule has 1 aromatic rings. The fraction of sp³-hybridized carbons (Fsp3) is 0.444. The average molecular weight is 271 g/mol. The van der Waals surface area contributed by atoms with Gasteiger partial charge in [0, 0.05) is 13.5 Å². The smallest absolute Gasteiger partial charge is 0.358 e. The van der Waals surface area contributed by atoms with Gasteiger partial charge in [0.2, 0.25) is 5.91 Å². The number of ether oxygens (including phenoxy) is 1. The van der Waals surface area contributed by atoms with Crippen LogP contribution in [0.15, 0.2) is 0 Å². The van der Waals surface area contributed by atoms with Crippen molar-refractivity contribution in [1.29, 1.82) is 0 Å². The zero-order valence-electron chi connectivity index (χ0n) is 10.1. The van der Waals surface area contributed by atoms with Gasteiger partial charge in [0.05, 0.1) is 18.8 Å². The number of aromatic carboxylic acids is 1. The summed E-state index contributed by atoms with van der Waals surface area (Å²) in [5.74, 6) is -1.83. The number of aryl methyl sites for hydroxylation is 1. The number of carboxylic acids is 1. The summed E-state index contributed by atoms with van der Waals surface area (Å²) >= 11 is 0. The molecule has 0 aromatic carbocycles. The van der Waals surface area contributed by atoms with Crippen molar-refractivity contribution in [2.45, 2.75) is 19.6 Å². The third kappa shape index (κ3) is 4.03. The Balaban J connectivity index is 2.75. The zero-order chi connectivity index (χ0) is 14.4. The van der Waals surface area contributed by atoms with Crippen LogP contribution < -0.4 is 11.1 Å². The monoisotopic (exact) mass is 271 g/mol. The van der Waals surface area contributed by atoms with E-state index < -0.39 is 17.9 Å². The number of carbonyl (C=O) groups excluding carboxylic acids is 2. The van der Waals surface area contributed by atoms with Crippen molar-refractivity contribution in [1.82, 2.24) is 20.3 Å². The third-order valence-corrected chi connectivity index (χ3v) is 2.13. The molecular formula is C9H13N5O5. The first-order chi connectivity index (χ1) is 8.95. The summed E-state index contributed by atoms with van der Waals surface area (Å²) in [5.41, 5.74) is 4.78. The number of carbonyl (C=O) groups is 3. The second-order valence-electron chi connectivity index (χ2n) is 3.51. The van der Waals surface area contributed by atoms with Gasteiger partial charge in [-0.25, -0.2) is 14.3 Å². The number of primary amides is 1. The molecule has 10 heteroatoms. The molecule has 1 rings (SSSR count). The molecule has 0 bridgehead atoms. The maximum atomic E-state index is 11.2. The number of carboxylic acid groups (broad SMARTS) is 1. The molecule has 0 aliphatic rings. The summed E-state index contributed by atoms with van der Waals surface area (Å²) in [5, 5.41) is 17.9. The summed E-state index contributed by atoms with van der Waals surface area (Å²) in [6.07, 6.45) is -0.0952. The lowest BCUT2D eigenvalue weighted by atomic mass is 10.3. The number of nitrogens with two attached hydrogens (primary N) is 1. The van der Waals surface area contributed by atoms with Crippen LogP contribution in [0.1, 0.15) is 22.6 Å². The van der Waals surface area contributed by atoms with Crippen molar-refractivity contribution in [3.8, 4) is 0 Å². The minimum Gasteiger partial charge on any atom is -0.476 e. The molecule has 1 heterocycles. The predicted molar refractivity (Wildman–Crippen MR) is 60.0 cm³/mol. The Morgan fingerprint density at radius 3 is 2.68 bits per heavy atom. The molecule has 1 aromatic heterocycles. The van der Waals surface area contributed by atoms with Crippen molar-refractivity contribution in [2.24, 2.45) is 5.73 Å². The Morgan fingerprint density at radius 2 is 2.16 bits per heavy atom. The lowest BCUT2D eigenvalue weighted by Crippen LogP contribution is -2.35. The van der Waals surface area contributed by atoms with Crippen LogP contribution in [0.2, 0.25) is 0 Å². The fourth-order valence-electron chi connectivity index (χ4n) is 1.37.